The zero-order valence-corrected chi connectivity index (χ0v) is 19.0. The van der Waals surface area contributed by atoms with Gasteiger partial charge in [-0.1, -0.05) is 6.92 Å². The van der Waals surface area contributed by atoms with Crippen LogP contribution in [0.15, 0.2) is 79.1 Å². The first-order valence-corrected chi connectivity index (χ1v) is 11.0. The van der Waals surface area contributed by atoms with Gasteiger partial charge in [0.15, 0.2) is 0 Å². The number of pyridine rings is 1. The minimum Gasteiger partial charge on any atom is -0.494 e. The predicted octanol–water partition coefficient (Wildman–Crippen LogP) is 5.94. The molecule has 0 unspecified atom stereocenters. The lowest BCUT2D eigenvalue weighted by molar-refractivity contribution is 0.262. The van der Waals surface area contributed by atoms with Crippen LogP contribution >= 0.6 is 0 Å². The normalized spacial score (nSPS) is 10.4. The van der Waals surface area contributed by atoms with E-state index in [9.17, 15) is 4.79 Å². The SMILES string of the molecule is CCOc1ccc(NC(=O)Nc2ccc(Oc3ncccc3-c3ccnc(CC)n3)cc2)cc1. The molecule has 0 aliphatic rings. The highest BCUT2D eigenvalue weighted by molar-refractivity contribution is 5.99. The Morgan fingerprint density at radius 3 is 2.15 bits per heavy atom. The molecule has 0 aliphatic carbocycles. The Labute approximate surface area is 198 Å². The molecule has 2 amide bonds. The highest BCUT2D eigenvalue weighted by Gasteiger charge is 2.11. The third-order valence-corrected chi connectivity index (χ3v) is 4.82. The molecule has 172 valence electrons. The van der Waals surface area contributed by atoms with Gasteiger partial charge in [0, 0.05) is 30.2 Å². The van der Waals surface area contributed by atoms with Crippen LogP contribution in [0.25, 0.3) is 11.3 Å². The van der Waals surface area contributed by atoms with E-state index in [1.54, 1.807) is 48.8 Å². The lowest BCUT2D eigenvalue weighted by atomic mass is 10.2. The number of hydrogen-bond acceptors (Lipinski definition) is 6. The van der Waals surface area contributed by atoms with E-state index < -0.39 is 0 Å². The Morgan fingerprint density at radius 1 is 0.824 bits per heavy atom. The number of rotatable bonds is 8. The van der Waals surface area contributed by atoms with E-state index in [-0.39, 0.29) is 6.03 Å². The fraction of sp³-hybridized carbons (Fsp3) is 0.154. The number of carbonyl (C=O) groups is 1. The van der Waals surface area contributed by atoms with Crippen molar-refractivity contribution in [1.82, 2.24) is 15.0 Å². The van der Waals surface area contributed by atoms with Crippen LogP contribution in [0.3, 0.4) is 0 Å². The Kier molecular flexibility index (Phi) is 7.29. The second kappa shape index (κ2) is 10.9. The van der Waals surface area contributed by atoms with Gasteiger partial charge in [0.05, 0.1) is 17.9 Å². The largest absolute Gasteiger partial charge is 0.494 e. The molecule has 0 radical (unpaired) electrons. The first-order chi connectivity index (χ1) is 16.6. The highest BCUT2D eigenvalue weighted by Crippen LogP contribution is 2.30. The number of nitrogens with one attached hydrogen (secondary N) is 2. The van der Waals surface area contributed by atoms with Crippen molar-refractivity contribution in [1.29, 1.82) is 0 Å². The second-order valence-corrected chi connectivity index (χ2v) is 7.23. The minimum absolute atomic E-state index is 0.347. The van der Waals surface area contributed by atoms with E-state index in [1.165, 1.54) is 0 Å². The number of aryl methyl sites for hydroxylation is 1. The van der Waals surface area contributed by atoms with Crippen molar-refractivity contribution in [2.75, 3.05) is 17.2 Å². The fourth-order valence-electron chi connectivity index (χ4n) is 3.20. The summed E-state index contributed by atoms with van der Waals surface area (Å²) in [5.74, 6) is 2.54. The molecular weight excluding hydrogens is 430 g/mol. The summed E-state index contributed by atoms with van der Waals surface area (Å²) in [6, 6.07) is 19.5. The van der Waals surface area contributed by atoms with E-state index >= 15 is 0 Å². The van der Waals surface area contributed by atoms with Crippen molar-refractivity contribution in [3.05, 3.63) is 84.9 Å². The number of carbonyl (C=O) groups excluding carboxylic acids is 1. The lowest BCUT2D eigenvalue weighted by Gasteiger charge is -2.11. The molecule has 0 aliphatic heterocycles. The van der Waals surface area contributed by atoms with Gasteiger partial charge in [0.2, 0.25) is 5.88 Å². The van der Waals surface area contributed by atoms with Crippen LogP contribution in [0.4, 0.5) is 16.2 Å². The van der Waals surface area contributed by atoms with Gasteiger partial charge in [-0.3, -0.25) is 0 Å². The fourth-order valence-corrected chi connectivity index (χ4v) is 3.20. The van der Waals surface area contributed by atoms with E-state index in [0.29, 0.717) is 29.6 Å². The van der Waals surface area contributed by atoms with Gasteiger partial charge in [-0.15, -0.1) is 0 Å². The van der Waals surface area contributed by atoms with Crippen molar-refractivity contribution < 1.29 is 14.3 Å². The first kappa shape index (κ1) is 22.7. The van der Waals surface area contributed by atoms with E-state index in [2.05, 4.69) is 25.6 Å². The molecule has 4 rings (SSSR count). The van der Waals surface area contributed by atoms with Crippen LogP contribution < -0.4 is 20.1 Å². The summed E-state index contributed by atoms with van der Waals surface area (Å²) < 4.78 is 11.4. The number of ether oxygens (including phenoxy) is 2. The molecule has 2 N–H and O–H groups in total. The van der Waals surface area contributed by atoms with Gasteiger partial charge >= 0.3 is 6.03 Å². The summed E-state index contributed by atoms with van der Waals surface area (Å²) in [5.41, 5.74) is 2.82. The summed E-state index contributed by atoms with van der Waals surface area (Å²) in [6.45, 7) is 4.52. The van der Waals surface area contributed by atoms with Crippen LogP contribution in [0.2, 0.25) is 0 Å². The number of benzene rings is 2. The molecule has 8 nitrogen and oxygen atoms in total. The van der Waals surface area contributed by atoms with Gasteiger partial charge in [0.25, 0.3) is 0 Å². The van der Waals surface area contributed by atoms with Crippen molar-refractivity contribution in [2.45, 2.75) is 20.3 Å². The minimum atomic E-state index is -0.347. The Morgan fingerprint density at radius 2 is 1.50 bits per heavy atom. The topological polar surface area (TPSA) is 98.3 Å². The molecule has 0 saturated carbocycles. The Balaban J connectivity index is 1.40. The van der Waals surface area contributed by atoms with E-state index in [1.807, 2.05) is 44.2 Å². The standard InChI is InChI=1S/C26H25N5O3/c1-3-24-27-17-15-23(31-24)22-6-5-16-28-25(22)34-21-13-9-19(10-14-21)30-26(32)29-18-7-11-20(12-8-18)33-4-2/h5-17H,3-4H2,1-2H3,(H2,29,30,32). The van der Waals surface area contributed by atoms with E-state index in [4.69, 9.17) is 9.47 Å². The maximum Gasteiger partial charge on any atom is 0.323 e. The van der Waals surface area contributed by atoms with E-state index in [0.717, 1.165) is 29.3 Å². The Hall–Kier alpha value is -4.46. The average Bonchev–Trinajstić information content (AvgIpc) is 2.87. The summed E-state index contributed by atoms with van der Waals surface area (Å²) in [5, 5.41) is 5.59. The van der Waals surface area contributed by atoms with Gasteiger partial charge in [-0.25, -0.2) is 19.7 Å². The summed E-state index contributed by atoms with van der Waals surface area (Å²) in [6.07, 6.45) is 4.14. The molecule has 0 saturated heterocycles. The van der Waals surface area contributed by atoms with Crippen LogP contribution in [0.5, 0.6) is 17.4 Å². The molecular formula is C26H25N5O3. The van der Waals surface area contributed by atoms with Crippen LogP contribution in [-0.4, -0.2) is 27.6 Å². The molecule has 2 heterocycles. The van der Waals surface area contributed by atoms with Crippen LogP contribution in [0.1, 0.15) is 19.7 Å². The molecule has 0 fully saturated rings. The molecule has 8 heteroatoms. The lowest BCUT2D eigenvalue weighted by Crippen LogP contribution is -2.19. The Bertz CT molecular complexity index is 1240. The van der Waals surface area contributed by atoms with Crippen molar-refractivity contribution in [3.63, 3.8) is 0 Å². The zero-order valence-electron chi connectivity index (χ0n) is 19.0. The maximum atomic E-state index is 12.3. The zero-order chi connectivity index (χ0) is 23.8. The number of nitrogens with zero attached hydrogens (tertiary/aromatic N) is 3. The molecule has 0 atom stereocenters. The summed E-state index contributed by atoms with van der Waals surface area (Å²) in [7, 11) is 0. The predicted molar refractivity (Wildman–Crippen MR) is 131 cm³/mol. The molecule has 0 spiro atoms. The number of urea groups is 1. The number of aromatic nitrogens is 3. The second-order valence-electron chi connectivity index (χ2n) is 7.23. The molecule has 4 aromatic rings. The summed E-state index contributed by atoms with van der Waals surface area (Å²) in [4.78, 5) is 25.5. The monoisotopic (exact) mass is 455 g/mol. The van der Waals surface area contributed by atoms with Gasteiger partial charge < -0.3 is 20.1 Å². The number of amides is 2. The van der Waals surface area contributed by atoms with Gasteiger partial charge in [-0.2, -0.15) is 0 Å². The number of hydrogen-bond donors (Lipinski definition) is 2. The third-order valence-electron chi connectivity index (χ3n) is 4.82. The molecule has 2 aromatic heterocycles. The van der Waals surface area contributed by atoms with Gasteiger partial charge in [0.1, 0.15) is 17.3 Å². The highest BCUT2D eigenvalue weighted by atomic mass is 16.5. The maximum absolute atomic E-state index is 12.3. The van der Waals surface area contributed by atoms with Crippen LogP contribution in [-0.2, 0) is 6.42 Å². The number of anilines is 2. The molecule has 0 bridgehead atoms. The molecule has 34 heavy (non-hydrogen) atoms. The van der Waals surface area contributed by atoms with Gasteiger partial charge in [-0.05, 0) is 73.7 Å². The first-order valence-electron chi connectivity index (χ1n) is 11.0. The van der Waals surface area contributed by atoms with Crippen molar-refractivity contribution in [2.24, 2.45) is 0 Å². The summed E-state index contributed by atoms with van der Waals surface area (Å²) >= 11 is 0. The third kappa shape index (κ3) is 5.86. The quantitative estimate of drug-likeness (QED) is 0.341. The average molecular weight is 456 g/mol. The molecule has 2 aromatic carbocycles. The van der Waals surface area contributed by atoms with Crippen molar-refractivity contribution in [3.8, 4) is 28.6 Å². The van der Waals surface area contributed by atoms with Crippen molar-refractivity contribution >= 4 is 17.4 Å². The van der Waals surface area contributed by atoms with Crippen LogP contribution in [0, 0.1) is 0 Å². The smallest absolute Gasteiger partial charge is 0.323 e.